The van der Waals surface area contributed by atoms with Gasteiger partial charge in [0, 0.05) is 21.9 Å². The lowest BCUT2D eigenvalue weighted by atomic mass is 10.2. The predicted octanol–water partition coefficient (Wildman–Crippen LogP) is 6.91. The van der Waals surface area contributed by atoms with Crippen LogP contribution < -0.4 is 0 Å². The van der Waals surface area contributed by atoms with Gasteiger partial charge in [-0.3, -0.25) is 4.79 Å². The molecule has 174 valence electrons. The molecule has 0 radical (unpaired) electrons. The highest BCUT2D eigenvalue weighted by Gasteiger charge is 2.31. The smallest absolute Gasteiger partial charge is 0.281 e. The number of benzene rings is 2. The van der Waals surface area contributed by atoms with Gasteiger partial charge in [-0.1, -0.05) is 29.3 Å². The summed E-state index contributed by atoms with van der Waals surface area (Å²) in [6.45, 7) is 0. The van der Waals surface area contributed by atoms with E-state index in [-0.39, 0.29) is 16.4 Å². The van der Waals surface area contributed by atoms with Gasteiger partial charge in [-0.2, -0.15) is 13.2 Å². The molecule has 4 nitrogen and oxygen atoms in total. The normalized spacial score (nSPS) is 12.0. The van der Waals surface area contributed by atoms with Crippen molar-refractivity contribution in [2.75, 3.05) is 11.5 Å². The molecule has 0 spiro atoms. The summed E-state index contributed by atoms with van der Waals surface area (Å²) < 4.78 is 63.7. The summed E-state index contributed by atoms with van der Waals surface area (Å²) in [5, 5.41) is 0.692. The number of sulfone groups is 1. The van der Waals surface area contributed by atoms with Gasteiger partial charge in [0.15, 0.2) is 9.84 Å². The van der Waals surface area contributed by atoms with Crippen LogP contribution in [0.15, 0.2) is 75.6 Å². The number of pyridine rings is 1. The highest BCUT2D eigenvalue weighted by Crippen LogP contribution is 2.34. The zero-order valence-corrected chi connectivity index (χ0v) is 20.4. The Morgan fingerprint density at radius 3 is 2.48 bits per heavy atom. The van der Waals surface area contributed by atoms with Crippen LogP contribution in [0.4, 0.5) is 13.2 Å². The number of hydrogen-bond donors (Lipinski definition) is 0. The molecule has 0 saturated carbocycles. The van der Waals surface area contributed by atoms with Crippen LogP contribution in [-0.2, 0) is 16.0 Å². The van der Waals surface area contributed by atoms with Crippen molar-refractivity contribution < 1.29 is 26.4 Å². The van der Waals surface area contributed by atoms with Crippen molar-refractivity contribution in [2.45, 2.75) is 21.0 Å². The molecule has 0 amide bonds. The molecule has 12 heteroatoms. The minimum atomic E-state index is -4.64. The van der Waals surface area contributed by atoms with Gasteiger partial charge < -0.3 is 0 Å². The van der Waals surface area contributed by atoms with Crippen molar-refractivity contribution in [3.05, 3.63) is 82.0 Å². The van der Waals surface area contributed by atoms with E-state index in [1.54, 1.807) is 24.3 Å². The van der Waals surface area contributed by atoms with Crippen molar-refractivity contribution in [3.8, 4) is 0 Å². The summed E-state index contributed by atoms with van der Waals surface area (Å²) in [7, 11) is -3.97. The van der Waals surface area contributed by atoms with E-state index in [0.717, 1.165) is 41.7 Å². The van der Waals surface area contributed by atoms with Crippen LogP contribution in [0.5, 0.6) is 0 Å². The van der Waals surface area contributed by atoms with Crippen LogP contribution >= 0.6 is 46.7 Å². The zero-order chi connectivity index (χ0) is 24.2. The van der Waals surface area contributed by atoms with E-state index in [1.807, 2.05) is 0 Å². The Morgan fingerprint density at radius 1 is 1.03 bits per heavy atom. The Balaban J connectivity index is 1.71. The Morgan fingerprint density at radius 2 is 1.79 bits per heavy atom. The van der Waals surface area contributed by atoms with Crippen LogP contribution in [0.25, 0.3) is 0 Å². The first kappa shape index (κ1) is 25.9. The Hall–Kier alpha value is -1.72. The first-order chi connectivity index (χ1) is 15.5. The van der Waals surface area contributed by atoms with Crippen LogP contribution in [0.3, 0.4) is 0 Å². The minimum Gasteiger partial charge on any atom is -0.281 e. The molecule has 0 bridgehead atoms. The highest BCUT2D eigenvalue weighted by molar-refractivity contribution is 8.14. The average molecular weight is 552 g/mol. The number of thioether (sulfide) groups is 2. The van der Waals surface area contributed by atoms with Gasteiger partial charge >= 0.3 is 6.18 Å². The molecule has 0 N–H and O–H groups in total. The van der Waals surface area contributed by atoms with Gasteiger partial charge in [-0.25, -0.2) is 13.4 Å². The third-order valence-electron chi connectivity index (χ3n) is 4.20. The SMILES string of the molecule is O=C(Sc1ccc(Cl)cc1Cl)c1cccnc1SCCS(=O)(=O)c1cccc(C(F)(F)F)c1. The largest absolute Gasteiger partial charge is 0.416 e. The lowest BCUT2D eigenvalue weighted by Crippen LogP contribution is -2.12. The molecule has 1 aromatic heterocycles. The predicted molar refractivity (Wildman–Crippen MR) is 125 cm³/mol. The van der Waals surface area contributed by atoms with Crippen LogP contribution in [-0.4, -0.2) is 30.0 Å². The second-order valence-corrected chi connectivity index (χ2v) is 11.6. The fourth-order valence-corrected chi connectivity index (χ4v) is 6.65. The van der Waals surface area contributed by atoms with Gasteiger partial charge in [-0.15, -0.1) is 11.8 Å². The third-order valence-corrected chi connectivity index (χ3v) is 8.82. The number of nitrogens with zero attached hydrogens (tertiary/aromatic N) is 1. The van der Waals surface area contributed by atoms with Crippen molar-refractivity contribution in [3.63, 3.8) is 0 Å². The Kier molecular flexibility index (Phi) is 8.39. The van der Waals surface area contributed by atoms with E-state index in [4.69, 9.17) is 23.2 Å². The molecule has 0 fully saturated rings. The molecule has 1 heterocycles. The number of hydrogen-bond acceptors (Lipinski definition) is 6. The summed E-state index contributed by atoms with van der Waals surface area (Å²) in [6, 6.07) is 11.4. The molecule has 2 aromatic carbocycles. The molecule has 0 atom stereocenters. The highest BCUT2D eigenvalue weighted by atomic mass is 35.5. The lowest BCUT2D eigenvalue weighted by Gasteiger charge is -2.10. The molecule has 3 rings (SSSR count). The van der Waals surface area contributed by atoms with Crippen molar-refractivity contribution in [1.82, 2.24) is 4.98 Å². The standard InChI is InChI=1S/C21H14Cl2F3NO3S3/c22-14-6-7-18(17(23)12-14)32-20(28)16-5-2-8-27-19(16)31-9-10-33(29,30)15-4-1-3-13(11-15)21(24,25)26/h1-8,11-12H,9-10H2. The topological polar surface area (TPSA) is 64.1 Å². The Labute approximate surface area is 206 Å². The average Bonchev–Trinajstić information content (AvgIpc) is 2.75. The fourth-order valence-electron chi connectivity index (χ4n) is 2.61. The van der Waals surface area contributed by atoms with Crippen molar-refractivity contribution in [2.24, 2.45) is 0 Å². The Bertz CT molecular complexity index is 1280. The number of alkyl halides is 3. The first-order valence-corrected chi connectivity index (χ1v) is 13.3. The minimum absolute atomic E-state index is 0.0117. The maximum atomic E-state index is 12.9. The van der Waals surface area contributed by atoms with E-state index in [9.17, 15) is 26.4 Å². The van der Waals surface area contributed by atoms with Crippen molar-refractivity contribution in [1.29, 1.82) is 0 Å². The number of carbonyl (C=O) groups is 1. The van der Waals surface area contributed by atoms with E-state index in [0.29, 0.717) is 26.0 Å². The van der Waals surface area contributed by atoms with Crippen LogP contribution in [0.2, 0.25) is 10.0 Å². The molecule has 3 aromatic rings. The number of halogens is 5. The lowest BCUT2D eigenvalue weighted by molar-refractivity contribution is -0.137. The second-order valence-electron chi connectivity index (χ2n) is 6.51. The first-order valence-electron chi connectivity index (χ1n) is 9.12. The van der Waals surface area contributed by atoms with Gasteiger partial charge in [-0.05, 0) is 60.3 Å². The fraction of sp³-hybridized carbons (Fsp3) is 0.143. The van der Waals surface area contributed by atoms with E-state index >= 15 is 0 Å². The molecule has 0 aliphatic carbocycles. The summed E-state index contributed by atoms with van der Waals surface area (Å²) >= 11 is 13.9. The molecule has 0 aliphatic heterocycles. The second kappa shape index (κ2) is 10.7. The van der Waals surface area contributed by atoms with Gasteiger partial charge in [0.25, 0.3) is 0 Å². The molecular weight excluding hydrogens is 538 g/mol. The summed E-state index contributed by atoms with van der Waals surface area (Å²) in [5.41, 5.74) is -0.776. The molecule has 0 unspecified atom stereocenters. The van der Waals surface area contributed by atoms with Crippen LogP contribution in [0, 0.1) is 0 Å². The molecule has 0 saturated heterocycles. The zero-order valence-electron chi connectivity index (χ0n) is 16.5. The molecule has 33 heavy (non-hydrogen) atoms. The van der Waals surface area contributed by atoms with E-state index in [2.05, 4.69) is 4.98 Å². The monoisotopic (exact) mass is 551 g/mol. The maximum absolute atomic E-state index is 12.9. The van der Waals surface area contributed by atoms with E-state index < -0.39 is 32.2 Å². The summed E-state index contributed by atoms with van der Waals surface area (Å²) in [5.74, 6) is -0.443. The molecular formula is C21H14Cl2F3NO3S3. The summed E-state index contributed by atoms with van der Waals surface area (Å²) in [4.78, 5) is 17.0. The summed E-state index contributed by atoms with van der Waals surface area (Å²) in [6.07, 6.45) is -3.19. The van der Waals surface area contributed by atoms with E-state index in [1.165, 1.54) is 12.3 Å². The van der Waals surface area contributed by atoms with Crippen LogP contribution in [0.1, 0.15) is 15.9 Å². The number of rotatable bonds is 7. The van der Waals surface area contributed by atoms with Gasteiger partial charge in [0.1, 0.15) is 5.03 Å². The number of carbonyl (C=O) groups excluding carboxylic acids is 1. The molecule has 0 aliphatic rings. The van der Waals surface area contributed by atoms with Gasteiger partial charge in [0.05, 0.1) is 26.8 Å². The number of aromatic nitrogens is 1. The van der Waals surface area contributed by atoms with Crippen molar-refractivity contribution >= 4 is 61.7 Å². The third kappa shape index (κ3) is 6.89. The quantitative estimate of drug-likeness (QED) is 0.297. The van der Waals surface area contributed by atoms with Gasteiger partial charge in [0.2, 0.25) is 5.12 Å². The maximum Gasteiger partial charge on any atom is 0.416 e.